The Morgan fingerprint density at radius 2 is 1.94 bits per heavy atom. The number of rotatable bonds is 0. The SMILES string of the molecule is C1=CCC2CC[CH-]C2=C1.C[C](C)=[Zr+2].c1cc[cH-]c1. The first kappa shape index (κ1) is 15.5. The normalized spacial score (nSPS) is 19.3. The molecule has 0 N–H and O–H groups in total. The Balaban J connectivity index is 0.000000154. The second-order valence-electron chi connectivity index (χ2n) is 4.77. The van der Waals surface area contributed by atoms with Crippen molar-refractivity contribution in [2.75, 3.05) is 0 Å². The molecule has 1 atom stereocenters. The molecule has 0 nitrogen and oxygen atoms in total. The molecule has 1 heteroatoms. The van der Waals surface area contributed by atoms with E-state index in [0.717, 1.165) is 5.92 Å². The maximum absolute atomic E-state index is 2.37. The maximum atomic E-state index is 2.37. The van der Waals surface area contributed by atoms with Crippen LogP contribution in [0.4, 0.5) is 0 Å². The van der Waals surface area contributed by atoms with E-state index in [0.29, 0.717) is 0 Å². The maximum Gasteiger partial charge on any atom is -0.172 e. The van der Waals surface area contributed by atoms with Crippen molar-refractivity contribution in [3.05, 3.63) is 60.6 Å². The molecule has 2 aliphatic carbocycles. The molecule has 1 aromatic rings. The van der Waals surface area contributed by atoms with Crippen LogP contribution in [-0.2, 0) is 24.2 Å². The van der Waals surface area contributed by atoms with Crippen molar-refractivity contribution in [1.82, 2.24) is 0 Å². The average molecular weight is 318 g/mol. The quantitative estimate of drug-likeness (QED) is 0.612. The van der Waals surface area contributed by atoms with Crippen molar-refractivity contribution in [1.29, 1.82) is 0 Å². The summed E-state index contributed by atoms with van der Waals surface area (Å²) in [5.74, 6) is 0.884. The molecule has 0 amide bonds. The Labute approximate surface area is 126 Å². The number of fused-ring (bicyclic) bond motifs is 1. The third-order valence-electron chi connectivity index (χ3n) is 2.77. The third-order valence-corrected chi connectivity index (χ3v) is 2.77. The molecule has 18 heavy (non-hydrogen) atoms. The molecular weight excluding hydrogens is 295 g/mol. The Kier molecular flexibility index (Phi) is 8.09. The molecule has 0 radical (unpaired) electrons. The van der Waals surface area contributed by atoms with Gasteiger partial charge in [-0.05, 0) is 12.3 Å². The van der Waals surface area contributed by atoms with Crippen molar-refractivity contribution in [2.24, 2.45) is 5.92 Å². The second kappa shape index (κ2) is 9.39. The Bertz CT molecular complexity index is 361. The van der Waals surface area contributed by atoms with Gasteiger partial charge in [0.05, 0.1) is 0 Å². The fraction of sp³-hybridized carbons (Fsp3) is 0.353. The van der Waals surface area contributed by atoms with E-state index in [9.17, 15) is 0 Å². The first-order chi connectivity index (χ1) is 8.70. The number of hydrogen-bond acceptors (Lipinski definition) is 0. The van der Waals surface area contributed by atoms with Crippen LogP contribution in [0.3, 0.4) is 0 Å². The fourth-order valence-electron chi connectivity index (χ4n) is 1.99. The van der Waals surface area contributed by atoms with Gasteiger partial charge in [0.2, 0.25) is 0 Å². The summed E-state index contributed by atoms with van der Waals surface area (Å²) in [4.78, 5) is 0. The van der Waals surface area contributed by atoms with Gasteiger partial charge >= 0.3 is 41.3 Å². The topological polar surface area (TPSA) is 0 Å². The zero-order valence-electron chi connectivity index (χ0n) is 11.4. The van der Waals surface area contributed by atoms with Crippen LogP contribution in [0.5, 0.6) is 0 Å². The van der Waals surface area contributed by atoms with Gasteiger partial charge in [-0.25, -0.2) is 30.2 Å². The van der Waals surface area contributed by atoms with Crippen molar-refractivity contribution in [3.63, 3.8) is 0 Å². The average Bonchev–Trinajstić information content (AvgIpc) is 3.03. The van der Waals surface area contributed by atoms with Crippen LogP contribution in [0.1, 0.15) is 33.1 Å². The minimum Gasteiger partial charge on any atom is -0.214 e. The largest absolute Gasteiger partial charge is 0.214 e. The molecular formula is C17H22Zr. The molecule has 1 fully saturated rings. The molecule has 2 aliphatic rings. The van der Waals surface area contributed by atoms with Gasteiger partial charge in [-0.1, -0.05) is 6.42 Å². The van der Waals surface area contributed by atoms with Crippen LogP contribution in [0.15, 0.2) is 54.1 Å². The molecule has 3 rings (SSSR count). The number of hydrogen-bond donors (Lipinski definition) is 0. The van der Waals surface area contributed by atoms with Crippen molar-refractivity contribution in [2.45, 2.75) is 33.1 Å². The molecule has 0 aromatic heterocycles. The minimum absolute atomic E-state index is 0.884. The number of allylic oxidation sites excluding steroid dienone is 4. The van der Waals surface area contributed by atoms with E-state index in [1.165, 1.54) is 22.5 Å². The molecule has 1 aromatic carbocycles. The molecule has 94 valence electrons. The monoisotopic (exact) mass is 316 g/mol. The van der Waals surface area contributed by atoms with Gasteiger partial charge in [0, 0.05) is 0 Å². The standard InChI is InChI=1S/C9H11.C5H5.C3H6.Zr/c1-2-5-9-7-3-6-8(9)4-1;1-2-4-5-3-1;1-3-2;/h1-2,4,6,9H,3,5,7H2;1-5H;1-2H3;/q2*-1;;+2. The summed E-state index contributed by atoms with van der Waals surface area (Å²) in [5.41, 5.74) is 1.58. The molecule has 0 saturated heterocycles. The van der Waals surface area contributed by atoms with Crippen LogP contribution in [0.25, 0.3) is 0 Å². The molecule has 1 saturated carbocycles. The van der Waals surface area contributed by atoms with Crippen LogP contribution < -0.4 is 0 Å². The van der Waals surface area contributed by atoms with Gasteiger partial charge in [-0.15, -0.1) is 18.6 Å². The molecule has 0 heterocycles. The van der Waals surface area contributed by atoms with Crippen molar-refractivity contribution < 1.29 is 24.2 Å². The third kappa shape index (κ3) is 7.01. The first-order valence-electron chi connectivity index (χ1n) is 6.58. The predicted octanol–water partition coefficient (Wildman–Crippen LogP) is 4.64. The van der Waals surface area contributed by atoms with Crippen molar-refractivity contribution in [3.8, 4) is 0 Å². The van der Waals surface area contributed by atoms with Gasteiger partial charge in [-0.3, -0.25) is 0 Å². The Morgan fingerprint density at radius 1 is 1.28 bits per heavy atom. The summed E-state index contributed by atoms with van der Waals surface area (Å²) in [5, 5.41) is 0. The summed E-state index contributed by atoms with van der Waals surface area (Å²) < 4.78 is 1.51. The predicted molar refractivity (Wildman–Crippen MR) is 77.3 cm³/mol. The van der Waals surface area contributed by atoms with Gasteiger partial charge in [-0.2, -0.15) is 18.2 Å². The van der Waals surface area contributed by atoms with E-state index in [1.54, 1.807) is 29.8 Å². The minimum atomic E-state index is 0.884. The Morgan fingerprint density at radius 3 is 2.44 bits per heavy atom. The Hall–Kier alpha value is -0.547. The van der Waals surface area contributed by atoms with E-state index < -0.39 is 0 Å². The van der Waals surface area contributed by atoms with Crippen LogP contribution >= 0.6 is 0 Å². The van der Waals surface area contributed by atoms with E-state index in [2.05, 4.69) is 38.5 Å². The smallest absolute Gasteiger partial charge is 0.172 e. The van der Waals surface area contributed by atoms with Crippen LogP contribution in [0.2, 0.25) is 0 Å². The zero-order chi connectivity index (χ0) is 13.2. The summed E-state index contributed by atoms with van der Waals surface area (Å²) >= 11 is 1.55. The van der Waals surface area contributed by atoms with Crippen molar-refractivity contribution >= 4 is 3.21 Å². The fourth-order valence-corrected chi connectivity index (χ4v) is 1.99. The summed E-state index contributed by atoms with van der Waals surface area (Å²) in [6, 6.07) is 10.0. The summed E-state index contributed by atoms with van der Waals surface area (Å²) in [7, 11) is 0. The van der Waals surface area contributed by atoms with E-state index in [1.807, 2.05) is 30.3 Å². The zero-order valence-corrected chi connectivity index (χ0v) is 13.9. The van der Waals surface area contributed by atoms with Gasteiger partial charge in [0.25, 0.3) is 0 Å². The molecule has 1 unspecified atom stereocenters. The van der Waals surface area contributed by atoms with E-state index >= 15 is 0 Å². The summed E-state index contributed by atoms with van der Waals surface area (Å²) in [6.45, 7) is 4.25. The molecule has 0 aliphatic heterocycles. The van der Waals surface area contributed by atoms with Crippen LogP contribution in [0, 0.1) is 12.3 Å². The van der Waals surface area contributed by atoms with Gasteiger partial charge in [0.15, 0.2) is 0 Å². The van der Waals surface area contributed by atoms with E-state index in [4.69, 9.17) is 0 Å². The van der Waals surface area contributed by atoms with Crippen LogP contribution in [-0.4, -0.2) is 3.21 Å². The van der Waals surface area contributed by atoms with Gasteiger partial charge in [0.1, 0.15) is 0 Å². The van der Waals surface area contributed by atoms with Gasteiger partial charge < -0.3 is 0 Å². The second-order valence-corrected chi connectivity index (χ2v) is 7.23. The molecule has 0 spiro atoms. The first-order valence-corrected chi connectivity index (χ1v) is 7.81. The van der Waals surface area contributed by atoms with E-state index in [-0.39, 0.29) is 0 Å². The summed E-state index contributed by atoms with van der Waals surface area (Å²) in [6.07, 6.45) is 13.0. The molecule has 0 bridgehead atoms.